The first-order chi connectivity index (χ1) is 6.57. The van der Waals surface area contributed by atoms with Crippen molar-refractivity contribution in [3.05, 3.63) is 23.0 Å². The molecule has 0 aromatic carbocycles. The highest BCUT2D eigenvalue weighted by atomic mass is 32.2. The molecule has 0 fully saturated rings. The van der Waals surface area contributed by atoms with Gasteiger partial charge in [0.05, 0.1) is 5.75 Å². The van der Waals surface area contributed by atoms with Gasteiger partial charge in [-0.15, -0.1) is 0 Å². The number of carbonyl (C=O) groups excluding carboxylic acids is 1. The van der Waals surface area contributed by atoms with Crippen molar-refractivity contribution in [3.63, 3.8) is 0 Å². The summed E-state index contributed by atoms with van der Waals surface area (Å²) in [6.07, 6.45) is 0. The van der Waals surface area contributed by atoms with Gasteiger partial charge in [0.15, 0.2) is 5.78 Å². The molecular weight excluding hydrogens is 194 g/mol. The Labute approximate surface area is 89.7 Å². The van der Waals surface area contributed by atoms with E-state index in [1.54, 1.807) is 11.8 Å². The number of aryl methyl sites for hydroxylation is 1. The van der Waals surface area contributed by atoms with E-state index in [2.05, 4.69) is 11.5 Å². The molecule has 3 heteroatoms. The summed E-state index contributed by atoms with van der Waals surface area (Å²) in [5.74, 6) is 1.84. The molecule has 0 atom stereocenters. The Kier molecular flexibility index (Phi) is 3.81. The zero-order chi connectivity index (χ0) is 10.7. The maximum absolute atomic E-state index is 11.8. The molecule has 0 unspecified atom stereocenters. The van der Waals surface area contributed by atoms with Gasteiger partial charge in [-0.2, -0.15) is 11.8 Å². The Hall–Kier alpha value is -0.700. The predicted molar refractivity (Wildman–Crippen MR) is 62.2 cm³/mol. The van der Waals surface area contributed by atoms with Crippen LogP contribution in [-0.4, -0.2) is 21.9 Å². The average Bonchev–Trinajstić information content (AvgIpc) is 2.42. The van der Waals surface area contributed by atoms with E-state index in [0.29, 0.717) is 5.75 Å². The molecule has 1 aromatic heterocycles. The molecule has 0 saturated heterocycles. The second-order valence-corrected chi connectivity index (χ2v) is 4.68. The Morgan fingerprint density at radius 2 is 2.14 bits per heavy atom. The van der Waals surface area contributed by atoms with Gasteiger partial charge in [-0.25, -0.2) is 0 Å². The van der Waals surface area contributed by atoms with Crippen molar-refractivity contribution < 1.29 is 4.79 Å². The quantitative estimate of drug-likeness (QED) is 0.714. The number of Topliss-reactive ketones (excluding diaryl/α,β-unsaturated/α-hetero) is 1. The van der Waals surface area contributed by atoms with Gasteiger partial charge in [-0.3, -0.25) is 4.79 Å². The minimum absolute atomic E-state index is 0.248. The van der Waals surface area contributed by atoms with Crippen LogP contribution in [0.1, 0.15) is 28.7 Å². The topological polar surface area (TPSA) is 22.0 Å². The molecule has 14 heavy (non-hydrogen) atoms. The number of hydrogen-bond acceptors (Lipinski definition) is 2. The lowest BCUT2D eigenvalue weighted by molar-refractivity contribution is 0.102. The van der Waals surface area contributed by atoms with Crippen molar-refractivity contribution in [3.8, 4) is 0 Å². The smallest absolute Gasteiger partial charge is 0.174 e. The molecule has 2 nitrogen and oxygen atoms in total. The van der Waals surface area contributed by atoms with E-state index in [9.17, 15) is 4.79 Å². The third-order valence-corrected chi connectivity index (χ3v) is 3.39. The summed E-state index contributed by atoms with van der Waals surface area (Å²) < 4.78 is 2.06. The molecule has 78 valence electrons. The van der Waals surface area contributed by atoms with Crippen molar-refractivity contribution in [2.45, 2.75) is 20.8 Å². The molecule has 0 spiro atoms. The molecule has 0 saturated carbocycles. The first-order valence-electron chi connectivity index (χ1n) is 4.81. The second-order valence-electron chi connectivity index (χ2n) is 3.40. The van der Waals surface area contributed by atoms with E-state index in [4.69, 9.17) is 0 Å². The van der Waals surface area contributed by atoms with E-state index in [1.165, 1.54) is 0 Å². The van der Waals surface area contributed by atoms with Gasteiger partial charge in [0.1, 0.15) is 0 Å². The van der Waals surface area contributed by atoms with Gasteiger partial charge in [-0.05, 0) is 25.7 Å². The van der Waals surface area contributed by atoms with Gasteiger partial charge < -0.3 is 4.57 Å². The zero-order valence-corrected chi connectivity index (χ0v) is 10.1. The normalized spacial score (nSPS) is 10.6. The Morgan fingerprint density at radius 3 is 2.57 bits per heavy atom. The van der Waals surface area contributed by atoms with Crippen LogP contribution < -0.4 is 0 Å². The molecule has 0 bridgehead atoms. The number of carbonyl (C=O) groups is 1. The van der Waals surface area contributed by atoms with Crippen molar-refractivity contribution in [2.75, 3.05) is 11.5 Å². The molecule has 1 heterocycles. The lowest BCUT2D eigenvalue weighted by Gasteiger charge is -2.01. The van der Waals surface area contributed by atoms with Crippen molar-refractivity contribution in [2.24, 2.45) is 7.05 Å². The van der Waals surface area contributed by atoms with Crippen molar-refractivity contribution in [1.29, 1.82) is 0 Å². The third-order valence-electron chi connectivity index (χ3n) is 2.51. The standard InChI is InChI=1S/C11H17NOS/c1-5-14-7-11(13)10-6-8(2)12(4)9(10)3/h6H,5,7H2,1-4H3. The van der Waals surface area contributed by atoms with Crippen LogP contribution in [0.15, 0.2) is 6.07 Å². The molecule has 0 aliphatic carbocycles. The van der Waals surface area contributed by atoms with Gasteiger partial charge in [0, 0.05) is 24.0 Å². The summed E-state index contributed by atoms with van der Waals surface area (Å²) in [5, 5.41) is 0. The average molecular weight is 211 g/mol. The van der Waals surface area contributed by atoms with Gasteiger partial charge in [0.25, 0.3) is 0 Å². The highest BCUT2D eigenvalue weighted by molar-refractivity contribution is 7.99. The summed E-state index contributed by atoms with van der Waals surface area (Å²) in [5.41, 5.74) is 3.10. The predicted octanol–water partition coefficient (Wildman–Crippen LogP) is 2.58. The Balaban J connectivity index is 2.85. The van der Waals surface area contributed by atoms with Crippen LogP contribution in [0, 0.1) is 13.8 Å². The van der Waals surface area contributed by atoms with Gasteiger partial charge in [0.2, 0.25) is 0 Å². The number of ketones is 1. The minimum atomic E-state index is 0.248. The van der Waals surface area contributed by atoms with E-state index in [1.807, 2.05) is 27.0 Å². The lowest BCUT2D eigenvalue weighted by Crippen LogP contribution is -2.04. The monoisotopic (exact) mass is 211 g/mol. The molecule has 0 amide bonds. The Morgan fingerprint density at radius 1 is 1.50 bits per heavy atom. The first kappa shape index (κ1) is 11.4. The van der Waals surface area contributed by atoms with Crippen molar-refractivity contribution >= 4 is 17.5 Å². The first-order valence-corrected chi connectivity index (χ1v) is 5.97. The highest BCUT2D eigenvalue weighted by Gasteiger charge is 2.13. The summed E-state index contributed by atoms with van der Waals surface area (Å²) >= 11 is 1.68. The highest BCUT2D eigenvalue weighted by Crippen LogP contribution is 2.15. The number of hydrogen-bond donors (Lipinski definition) is 0. The molecule has 0 aliphatic rings. The molecule has 1 aromatic rings. The number of thioether (sulfide) groups is 1. The second kappa shape index (κ2) is 4.69. The summed E-state index contributed by atoms with van der Waals surface area (Å²) in [4.78, 5) is 11.8. The van der Waals surface area contributed by atoms with E-state index < -0.39 is 0 Å². The maximum atomic E-state index is 11.8. The lowest BCUT2D eigenvalue weighted by atomic mass is 10.2. The fraction of sp³-hybridized carbons (Fsp3) is 0.545. The fourth-order valence-electron chi connectivity index (χ4n) is 1.41. The molecular formula is C11H17NOS. The third kappa shape index (κ3) is 2.21. The SMILES string of the molecule is CCSCC(=O)c1cc(C)n(C)c1C. The molecule has 0 N–H and O–H groups in total. The summed E-state index contributed by atoms with van der Waals surface area (Å²) in [6.45, 7) is 6.09. The van der Waals surface area contributed by atoms with Crippen LogP contribution in [0.4, 0.5) is 0 Å². The number of nitrogens with zero attached hydrogens (tertiary/aromatic N) is 1. The molecule has 1 rings (SSSR count). The van der Waals surface area contributed by atoms with Crippen LogP contribution in [0.25, 0.3) is 0 Å². The Bertz CT molecular complexity index is 341. The molecule has 0 radical (unpaired) electrons. The minimum Gasteiger partial charge on any atom is -0.351 e. The van der Waals surface area contributed by atoms with Crippen LogP contribution in [0.5, 0.6) is 0 Å². The van der Waals surface area contributed by atoms with E-state index in [-0.39, 0.29) is 5.78 Å². The summed E-state index contributed by atoms with van der Waals surface area (Å²) in [6, 6.07) is 1.98. The number of aromatic nitrogens is 1. The van der Waals surface area contributed by atoms with E-state index >= 15 is 0 Å². The maximum Gasteiger partial charge on any atom is 0.174 e. The van der Waals surface area contributed by atoms with Crippen LogP contribution in [0.2, 0.25) is 0 Å². The number of rotatable bonds is 4. The van der Waals surface area contributed by atoms with Crippen LogP contribution >= 0.6 is 11.8 Å². The fourth-order valence-corrected chi connectivity index (χ4v) is 1.96. The van der Waals surface area contributed by atoms with Crippen molar-refractivity contribution in [1.82, 2.24) is 4.57 Å². The van der Waals surface area contributed by atoms with E-state index in [0.717, 1.165) is 22.7 Å². The van der Waals surface area contributed by atoms with Gasteiger partial charge >= 0.3 is 0 Å². The van der Waals surface area contributed by atoms with Crippen LogP contribution in [-0.2, 0) is 7.05 Å². The van der Waals surface area contributed by atoms with Crippen LogP contribution in [0.3, 0.4) is 0 Å². The van der Waals surface area contributed by atoms with Gasteiger partial charge in [-0.1, -0.05) is 6.92 Å². The zero-order valence-electron chi connectivity index (χ0n) is 9.26. The largest absolute Gasteiger partial charge is 0.351 e. The molecule has 0 aliphatic heterocycles. The summed E-state index contributed by atoms with van der Waals surface area (Å²) in [7, 11) is 1.99.